The Hall–Kier alpha value is -3.09. The Bertz CT molecular complexity index is 845. The molecule has 1 heterocycles. The fraction of sp³-hybridized carbons (Fsp3) is 0.409. The predicted octanol–water partition coefficient (Wildman–Crippen LogP) is 3.77. The summed E-state index contributed by atoms with van der Waals surface area (Å²) in [6.45, 7) is 3.70. The number of anilines is 1. The van der Waals surface area contributed by atoms with Crippen molar-refractivity contribution in [1.82, 2.24) is 5.32 Å². The van der Waals surface area contributed by atoms with Crippen LogP contribution in [-0.4, -0.2) is 29.9 Å². The van der Waals surface area contributed by atoms with Gasteiger partial charge in [-0.2, -0.15) is 0 Å². The van der Waals surface area contributed by atoms with E-state index < -0.39 is 12.1 Å². The van der Waals surface area contributed by atoms with Gasteiger partial charge in [-0.05, 0) is 62.1 Å². The number of ether oxygens (including phenoxy) is 1. The predicted molar refractivity (Wildman–Crippen MR) is 108 cm³/mol. The summed E-state index contributed by atoms with van der Waals surface area (Å²) >= 11 is 0. The SMILES string of the molecule is CC(OC(=O)c1ccc(NC(=O)c2ccco2)cc1)C(=O)NC1CCCCC1C. The summed E-state index contributed by atoms with van der Waals surface area (Å²) in [6, 6.07) is 9.57. The fourth-order valence-electron chi connectivity index (χ4n) is 3.40. The number of carbonyl (C=O) groups excluding carboxylic acids is 3. The van der Waals surface area contributed by atoms with Gasteiger partial charge in [-0.25, -0.2) is 4.79 Å². The number of benzene rings is 1. The first-order chi connectivity index (χ1) is 13.9. The number of rotatable bonds is 6. The van der Waals surface area contributed by atoms with Gasteiger partial charge in [0.2, 0.25) is 0 Å². The number of nitrogens with one attached hydrogen (secondary N) is 2. The maximum Gasteiger partial charge on any atom is 0.338 e. The van der Waals surface area contributed by atoms with Crippen LogP contribution in [0.1, 0.15) is 60.4 Å². The van der Waals surface area contributed by atoms with E-state index in [9.17, 15) is 14.4 Å². The molecule has 0 saturated heterocycles. The Morgan fingerprint density at radius 2 is 1.83 bits per heavy atom. The molecule has 1 aromatic carbocycles. The van der Waals surface area contributed by atoms with Gasteiger partial charge >= 0.3 is 5.97 Å². The van der Waals surface area contributed by atoms with Crippen molar-refractivity contribution in [2.24, 2.45) is 5.92 Å². The number of carbonyl (C=O) groups is 3. The van der Waals surface area contributed by atoms with Crippen LogP contribution in [0.2, 0.25) is 0 Å². The molecule has 3 atom stereocenters. The van der Waals surface area contributed by atoms with E-state index in [1.54, 1.807) is 31.2 Å². The van der Waals surface area contributed by atoms with Crippen molar-refractivity contribution in [3.05, 3.63) is 54.0 Å². The van der Waals surface area contributed by atoms with Gasteiger partial charge in [-0.15, -0.1) is 0 Å². The third-order valence-corrected chi connectivity index (χ3v) is 5.22. The molecule has 1 aliphatic rings. The zero-order valence-corrected chi connectivity index (χ0v) is 16.6. The molecule has 29 heavy (non-hydrogen) atoms. The molecule has 2 N–H and O–H groups in total. The van der Waals surface area contributed by atoms with Crippen LogP contribution in [0.3, 0.4) is 0 Å². The molecular formula is C22H26N2O5. The van der Waals surface area contributed by atoms with E-state index in [2.05, 4.69) is 17.6 Å². The largest absolute Gasteiger partial charge is 0.459 e. The first-order valence-electron chi connectivity index (χ1n) is 9.90. The summed E-state index contributed by atoms with van der Waals surface area (Å²) in [4.78, 5) is 36.7. The van der Waals surface area contributed by atoms with Crippen molar-refractivity contribution < 1.29 is 23.5 Å². The molecule has 154 valence electrons. The van der Waals surface area contributed by atoms with Crippen LogP contribution in [0.15, 0.2) is 47.1 Å². The molecule has 0 spiro atoms. The van der Waals surface area contributed by atoms with Gasteiger partial charge in [0.15, 0.2) is 11.9 Å². The Morgan fingerprint density at radius 1 is 1.10 bits per heavy atom. The highest BCUT2D eigenvalue weighted by Crippen LogP contribution is 2.24. The average Bonchev–Trinajstić information content (AvgIpc) is 3.25. The Morgan fingerprint density at radius 3 is 2.48 bits per heavy atom. The second-order valence-corrected chi connectivity index (χ2v) is 7.43. The van der Waals surface area contributed by atoms with Crippen LogP contribution in [0.25, 0.3) is 0 Å². The second kappa shape index (κ2) is 9.41. The molecule has 3 rings (SSSR count). The lowest BCUT2D eigenvalue weighted by molar-refractivity contribution is -0.130. The quantitative estimate of drug-likeness (QED) is 0.722. The number of amides is 2. The van der Waals surface area contributed by atoms with E-state index in [-0.39, 0.29) is 23.6 Å². The number of hydrogen-bond acceptors (Lipinski definition) is 5. The minimum atomic E-state index is -0.880. The molecular weight excluding hydrogens is 372 g/mol. The molecule has 0 bridgehead atoms. The van der Waals surface area contributed by atoms with E-state index in [1.807, 2.05) is 0 Å². The molecule has 1 aromatic heterocycles. The molecule has 0 aliphatic heterocycles. The summed E-state index contributed by atoms with van der Waals surface area (Å²) in [5, 5.41) is 5.67. The van der Waals surface area contributed by atoms with Crippen LogP contribution < -0.4 is 10.6 Å². The standard InChI is InChI=1S/C22H26N2O5/c1-14-6-3-4-7-18(14)24-20(25)15(2)29-22(27)16-9-11-17(12-10-16)23-21(26)19-8-5-13-28-19/h5,8-15,18H,3-4,6-7H2,1-2H3,(H,23,26)(H,24,25). The van der Waals surface area contributed by atoms with Crippen LogP contribution in [0, 0.1) is 5.92 Å². The molecule has 7 heteroatoms. The highest BCUT2D eigenvalue weighted by atomic mass is 16.5. The van der Waals surface area contributed by atoms with E-state index in [4.69, 9.17) is 9.15 Å². The summed E-state index contributed by atoms with van der Waals surface area (Å²) in [5.74, 6) is -0.625. The normalized spacial score (nSPS) is 19.8. The number of hydrogen-bond donors (Lipinski definition) is 2. The summed E-state index contributed by atoms with van der Waals surface area (Å²) < 4.78 is 10.3. The summed E-state index contributed by atoms with van der Waals surface area (Å²) in [6.07, 6.45) is 4.89. The Kier molecular flexibility index (Phi) is 6.69. The van der Waals surface area contributed by atoms with Gasteiger partial charge < -0.3 is 19.8 Å². The Balaban J connectivity index is 1.51. The lowest BCUT2D eigenvalue weighted by atomic mass is 9.86. The van der Waals surface area contributed by atoms with Crippen LogP contribution in [0.5, 0.6) is 0 Å². The van der Waals surface area contributed by atoms with Crippen molar-refractivity contribution in [3.63, 3.8) is 0 Å². The number of furan rings is 1. The Labute approximate surface area is 169 Å². The van der Waals surface area contributed by atoms with Crippen LogP contribution in [0.4, 0.5) is 5.69 Å². The van der Waals surface area contributed by atoms with Gasteiger partial charge in [0, 0.05) is 11.7 Å². The van der Waals surface area contributed by atoms with E-state index in [0.29, 0.717) is 17.2 Å². The van der Waals surface area contributed by atoms with Crippen LogP contribution >= 0.6 is 0 Å². The molecule has 1 fully saturated rings. The molecule has 2 aromatic rings. The second-order valence-electron chi connectivity index (χ2n) is 7.43. The van der Waals surface area contributed by atoms with Gasteiger partial charge in [0.25, 0.3) is 11.8 Å². The zero-order valence-electron chi connectivity index (χ0n) is 16.6. The van der Waals surface area contributed by atoms with Gasteiger partial charge in [0.1, 0.15) is 0 Å². The maximum absolute atomic E-state index is 12.4. The van der Waals surface area contributed by atoms with E-state index in [1.165, 1.54) is 24.8 Å². The summed E-state index contributed by atoms with van der Waals surface area (Å²) in [7, 11) is 0. The molecule has 3 unspecified atom stereocenters. The highest BCUT2D eigenvalue weighted by molar-refractivity contribution is 6.02. The molecule has 1 saturated carbocycles. The summed E-state index contributed by atoms with van der Waals surface area (Å²) in [5.41, 5.74) is 0.812. The molecule has 2 amide bonds. The third kappa shape index (κ3) is 5.47. The highest BCUT2D eigenvalue weighted by Gasteiger charge is 2.26. The van der Waals surface area contributed by atoms with E-state index in [0.717, 1.165) is 19.3 Å². The molecule has 7 nitrogen and oxygen atoms in total. The van der Waals surface area contributed by atoms with E-state index >= 15 is 0 Å². The van der Waals surface area contributed by atoms with Crippen molar-refractivity contribution in [2.75, 3.05) is 5.32 Å². The third-order valence-electron chi connectivity index (χ3n) is 5.22. The van der Waals surface area contributed by atoms with Crippen molar-refractivity contribution >= 4 is 23.5 Å². The maximum atomic E-state index is 12.4. The lowest BCUT2D eigenvalue weighted by Crippen LogP contribution is -2.45. The topological polar surface area (TPSA) is 97.6 Å². The van der Waals surface area contributed by atoms with Crippen LogP contribution in [-0.2, 0) is 9.53 Å². The fourth-order valence-corrected chi connectivity index (χ4v) is 3.40. The lowest BCUT2D eigenvalue weighted by Gasteiger charge is -2.30. The van der Waals surface area contributed by atoms with Crippen molar-refractivity contribution in [1.29, 1.82) is 0 Å². The van der Waals surface area contributed by atoms with Gasteiger partial charge in [0.05, 0.1) is 11.8 Å². The monoisotopic (exact) mass is 398 g/mol. The van der Waals surface area contributed by atoms with Crippen molar-refractivity contribution in [2.45, 2.75) is 51.7 Å². The molecule has 0 radical (unpaired) electrons. The zero-order chi connectivity index (χ0) is 20.8. The smallest absolute Gasteiger partial charge is 0.338 e. The van der Waals surface area contributed by atoms with Gasteiger partial charge in [-0.1, -0.05) is 19.8 Å². The first kappa shape index (κ1) is 20.6. The minimum absolute atomic E-state index is 0.134. The average molecular weight is 398 g/mol. The van der Waals surface area contributed by atoms with Crippen molar-refractivity contribution in [3.8, 4) is 0 Å². The van der Waals surface area contributed by atoms with Gasteiger partial charge in [-0.3, -0.25) is 9.59 Å². The minimum Gasteiger partial charge on any atom is -0.459 e. The molecule has 1 aliphatic carbocycles. The first-order valence-corrected chi connectivity index (χ1v) is 9.90. The number of esters is 1.